The number of methoxy groups -OCH3 is 1. The van der Waals surface area contributed by atoms with Gasteiger partial charge in [-0.3, -0.25) is 9.89 Å². The van der Waals surface area contributed by atoms with E-state index >= 15 is 0 Å². The Labute approximate surface area is 191 Å². The second-order valence-electron chi connectivity index (χ2n) is 7.14. The lowest BCUT2D eigenvalue weighted by atomic mass is 10.2. The number of piperazine rings is 1. The van der Waals surface area contributed by atoms with E-state index in [9.17, 15) is 0 Å². The van der Waals surface area contributed by atoms with Crippen LogP contribution < -0.4 is 20.7 Å². The minimum Gasteiger partial charge on any atom is -0.497 e. The fourth-order valence-corrected chi connectivity index (χ4v) is 3.34. The third-order valence-corrected chi connectivity index (χ3v) is 5.05. The molecule has 2 aromatic carbocycles. The number of hydrogen-bond donors (Lipinski definition) is 2. The van der Waals surface area contributed by atoms with Crippen molar-refractivity contribution in [1.82, 2.24) is 4.90 Å². The van der Waals surface area contributed by atoms with Crippen LogP contribution in [0.5, 0.6) is 5.75 Å². The average Bonchev–Trinajstić information content (AvgIpc) is 2.73. The van der Waals surface area contributed by atoms with Crippen LogP contribution in [0.3, 0.4) is 0 Å². The molecule has 0 spiro atoms. The Morgan fingerprint density at radius 1 is 1.03 bits per heavy atom. The van der Waals surface area contributed by atoms with Gasteiger partial charge in [0.15, 0.2) is 5.96 Å². The molecule has 6 nitrogen and oxygen atoms in total. The van der Waals surface area contributed by atoms with E-state index in [1.165, 1.54) is 11.3 Å². The molecule has 1 aliphatic rings. The number of guanidine groups is 1. The average molecular weight is 509 g/mol. The van der Waals surface area contributed by atoms with Gasteiger partial charge in [-0.05, 0) is 49.7 Å². The molecule has 3 rings (SSSR count). The molecule has 29 heavy (non-hydrogen) atoms. The van der Waals surface area contributed by atoms with Crippen LogP contribution in [0, 0.1) is 6.92 Å². The lowest BCUT2D eigenvalue weighted by molar-refractivity contribution is 0.256. The Balaban J connectivity index is 0.00000300. The molecule has 2 aromatic rings. The summed E-state index contributed by atoms with van der Waals surface area (Å²) < 4.78 is 5.23. The van der Waals surface area contributed by atoms with Crippen LogP contribution in [-0.4, -0.2) is 57.2 Å². The predicted octanol–water partition coefficient (Wildman–Crippen LogP) is 3.56. The van der Waals surface area contributed by atoms with Crippen LogP contribution in [0.25, 0.3) is 0 Å². The van der Waals surface area contributed by atoms with Gasteiger partial charge in [-0.15, -0.1) is 24.0 Å². The van der Waals surface area contributed by atoms with E-state index in [0.29, 0.717) is 5.96 Å². The van der Waals surface area contributed by atoms with Gasteiger partial charge in [0.1, 0.15) is 5.75 Å². The minimum absolute atomic E-state index is 0. The van der Waals surface area contributed by atoms with Crippen molar-refractivity contribution in [3.63, 3.8) is 0 Å². The predicted molar refractivity (Wildman–Crippen MR) is 133 cm³/mol. The van der Waals surface area contributed by atoms with E-state index in [0.717, 1.165) is 57.1 Å². The summed E-state index contributed by atoms with van der Waals surface area (Å²) in [5, 5.41) is 3.14. The number of nitrogens with one attached hydrogen (secondary N) is 1. The molecular formula is C22H32IN5O. The van der Waals surface area contributed by atoms with Gasteiger partial charge in [-0.1, -0.05) is 17.7 Å². The minimum atomic E-state index is 0. The highest BCUT2D eigenvalue weighted by atomic mass is 127. The number of nitrogens with two attached hydrogens (primary N) is 1. The first-order valence-corrected chi connectivity index (χ1v) is 9.89. The molecule has 1 fully saturated rings. The molecule has 158 valence electrons. The molecule has 1 heterocycles. The van der Waals surface area contributed by atoms with Crippen molar-refractivity contribution < 1.29 is 4.74 Å². The van der Waals surface area contributed by atoms with Crippen molar-refractivity contribution in [2.45, 2.75) is 13.3 Å². The maximum absolute atomic E-state index is 5.98. The summed E-state index contributed by atoms with van der Waals surface area (Å²) in [4.78, 5) is 9.37. The van der Waals surface area contributed by atoms with E-state index in [4.69, 9.17) is 10.5 Å². The summed E-state index contributed by atoms with van der Waals surface area (Å²) in [6, 6.07) is 16.5. The normalized spacial score (nSPS) is 15.0. The van der Waals surface area contributed by atoms with Gasteiger partial charge >= 0.3 is 0 Å². The number of anilines is 2. The Kier molecular flexibility index (Phi) is 9.53. The zero-order valence-electron chi connectivity index (χ0n) is 17.3. The summed E-state index contributed by atoms with van der Waals surface area (Å²) in [6.45, 7) is 8.11. The fraction of sp³-hybridized carbons (Fsp3) is 0.409. The first-order valence-electron chi connectivity index (χ1n) is 9.89. The zero-order valence-corrected chi connectivity index (χ0v) is 19.6. The van der Waals surface area contributed by atoms with Crippen molar-refractivity contribution in [1.29, 1.82) is 0 Å². The van der Waals surface area contributed by atoms with E-state index < -0.39 is 0 Å². The summed E-state index contributed by atoms with van der Waals surface area (Å²) in [6.07, 6.45) is 1.01. The number of nitrogens with zero attached hydrogens (tertiary/aromatic N) is 3. The maximum atomic E-state index is 5.98. The lowest BCUT2D eigenvalue weighted by Crippen LogP contribution is -2.46. The smallest absolute Gasteiger partial charge is 0.193 e. The standard InChI is InChI=1S/C22H31N5O.HI/c1-18-4-6-19(7-5-18)25-22(23)24-12-3-13-26-14-16-27(17-15-26)20-8-10-21(28-2)11-9-20;/h4-11H,3,12-17H2,1-2H3,(H3,23,24,25);1H. The SMILES string of the molecule is COc1ccc(N2CCN(CCCN=C(N)Nc3ccc(C)cc3)CC2)cc1.I. The third-order valence-electron chi connectivity index (χ3n) is 5.05. The topological polar surface area (TPSA) is 66.1 Å². The van der Waals surface area contributed by atoms with E-state index in [2.05, 4.69) is 51.3 Å². The number of aryl methyl sites for hydroxylation is 1. The lowest BCUT2D eigenvalue weighted by Gasteiger charge is -2.36. The summed E-state index contributed by atoms with van der Waals surface area (Å²) in [5.74, 6) is 1.38. The maximum Gasteiger partial charge on any atom is 0.193 e. The quantitative estimate of drug-likeness (QED) is 0.259. The first kappa shape index (κ1) is 23.3. The fourth-order valence-electron chi connectivity index (χ4n) is 3.34. The van der Waals surface area contributed by atoms with Crippen LogP contribution in [0.2, 0.25) is 0 Å². The van der Waals surface area contributed by atoms with Crippen molar-refractivity contribution in [2.75, 3.05) is 56.6 Å². The van der Waals surface area contributed by atoms with Crippen LogP contribution in [0.15, 0.2) is 53.5 Å². The molecule has 0 bridgehead atoms. The van der Waals surface area contributed by atoms with E-state index in [1.807, 2.05) is 24.3 Å². The second-order valence-corrected chi connectivity index (χ2v) is 7.14. The van der Waals surface area contributed by atoms with Crippen LogP contribution >= 0.6 is 24.0 Å². The number of ether oxygens (including phenoxy) is 1. The molecule has 7 heteroatoms. The highest BCUT2D eigenvalue weighted by molar-refractivity contribution is 14.0. The van der Waals surface area contributed by atoms with Crippen LogP contribution in [0.4, 0.5) is 11.4 Å². The molecule has 1 aliphatic heterocycles. The molecule has 0 aliphatic carbocycles. The van der Waals surface area contributed by atoms with Gasteiger partial charge in [-0.2, -0.15) is 0 Å². The Hall–Kier alpha value is -2.00. The summed E-state index contributed by atoms with van der Waals surface area (Å²) >= 11 is 0. The van der Waals surface area contributed by atoms with Gasteiger partial charge in [0.2, 0.25) is 0 Å². The van der Waals surface area contributed by atoms with Crippen molar-refractivity contribution in [3.05, 3.63) is 54.1 Å². The number of halogens is 1. The zero-order chi connectivity index (χ0) is 19.8. The molecule has 3 N–H and O–H groups in total. The highest BCUT2D eigenvalue weighted by Crippen LogP contribution is 2.20. The van der Waals surface area contributed by atoms with E-state index in [-0.39, 0.29) is 24.0 Å². The molecule has 0 aromatic heterocycles. The van der Waals surface area contributed by atoms with Gasteiger partial charge in [0.25, 0.3) is 0 Å². The first-order chi connectivity index (χ1) is 13.6. The third kappa shape index (κ3) is 7.40. The summed E-state index contributed by atoms with van der Waals surface area (Å²) in [5.41, 5.74) is 9.44. The molecule has 0 amide bonds. The molecular weight excluding hydrogens is 477 g/mol. The molecule has 0 radical (unpaired) electrons. The number of hydrogen-bond acceptors (Lipinski definition) is 4. The number of aliphatic imine (C=N–C) groups is 1. The van der Waals surface area contributed by atoms with Crippen LogP contribution in [0.1, 0.15) is 12.0 Å². The van der Waals surface area contributed by atoms with Gasteiger partial charge in [-0.25, -0.2) is 0 Å². The van der Waals surface area contributed by atoms with Crippen molar-refractivity contribution in [2.24, 2.45) is 10.7 Å². The molecule has 0 atom stereocenters. The molecule has 0 saturated carbocycles. The molecule has 0 unspecified atom stereocenters. The number of rotatable bonds is 7. The highest BCUT2D eigenvalue weighted by Gasteiger charge is 2.16. The van der Waals surface area contributed by atoms with Crippen LogP contribution in [-0.2, 0) is 0 Å². The summed E-state index contributed by atoms with van der Waals surface area (Å²) in [7, 11) is 1.70. The second kappa shape index (κ2) is 11.9. The Morgan fingerprint density at radius 2 is 1.69 bits per heavy atom. The Morgan fingerprint density at radius 3 is 2.31 bits per heavy atom. The van der Waals surface area contributed by atoms with E-state index in [1.54, 1.807) is 7.11 Å². The van der Waals surface area contributed by atoms with Crippen molar-refractivity contribution in [3.8, 4) is 5.75 Å². The van der Waals surface area contributed by atoms with Gasteiger partial charge in [0, 0.05) is 50.6 Å². The molecule has 1 saturated heterocycles. The Bertz CT molecular complexity index is 756. The number of benzene rings is 2. The van der Waals surface area contributed by atoms with Crippen molar-refractivity contribution >= 4 is 41.3 Å². The monoisotopic (exact) mass is 509 g/mol. The van der Waals surface area contributed by atoms with Gasteiger partial charge in [0.05, 0.1) is 7.11 Å². The van der Waals surface area contributed by atoms with Gasteiger partial charge < -0.3 is 20.7 Å². The largest absolute Gasteiger partial charge is 0.497 e.